The minimum Gasteiger partial charge on any atom is -0.0622 e. The van der Waals surface area contributed by atoms with Gasteiger partial charge in [0.1, 0.15) is 0 Å². The molecule has 0 unspecified atom stereocenters. The van der Waals surface area contributed by atoms with E-state index in [0.717, 1.165) is 0 Å². The summed E-state index contributed by atoms with van der Waals surface area (Å²) < 4.78 is 0. The molecule has 0 saturated heterocycles. The van der Waals surface area contributed by atoms with Gasteiger partial charge in [-0.25, -0.2) is 0 Å². The molecule has 678 valence electrons. The van der Waals surface area contributed by atoms with Crippen molar-refractivity contribution < 1.29 is 0 Å². The molecular formula is C145H98. The number of hydrogen-bond donors (Lipinski definition) is 0. The SMILES string of the molecule is c1ccc(-c2cc(-c3ccc(-c4ccc(C5c6ccccc6-c6ccccc65)cc4)cc3)cc(-c3cccc4ccccc34)c2)cc1.c1ccc(-c2cc(-c3ccccc3)cc(-c3ccc(-c4ccc(C5c6ccccc6-c6ccccc65)cc4)c4ccccc34)c2)cc1.c1ccc2c(c1)-c1ccccc1C2c1ccc(-c2ccc(-c3cc(-c4cccc5ccccc45)cc(-c4cccc5ccccc45)c3)cc2)cc1. The van der Waals surface area contributed by atoms with Crippen molar-refractivity contribution in [3.63, 3.8) is 0 Å². The highest BCUT2D eigenvalue weighted by molar-refractivity contribution is 6.07. The van der Waals surface area contributed by atoms with Crippen LogP contribution in [0.4, 0.5) is 0 Å². The molecule has 0 spiro atoms. The summed E-state index contributed by atoms with van der Waals surface area (Å²) in [5, 5.41) is 10.1. The molecule has 0 nitrogen and oxygen atoms in total. The van der Waals surface area contributed by atoms with Gasteiger partial charge in [-0.1, -0.05) is 522 Å². The summed E-state index contributed by atoms with van der Waals surface area (Å²) in [5.74, 6) is 0.789. The molecule has 145 heavy (non-hydrogen) atoms. The van der Waals surface area contributed by atoms with Gasteiger partial charge >= 0.3 is 0 Å². The molecule has 3 aliphatic carbocycles. The Morgan fingerprint density at radius 2 is 0.255 bits per heavy atom. The molecule has 28 rings (SSSR count). The standard InChI is InChI=1S/C51H34.2C47H32/c1-3-15-43-37(11-1)13-9-21-45(43)41-31-40(32-42(33-41)46-22-10-14-38-12-2-4-16-44(38)46)36-25-23-34(24-26-36)35-27-29-39(30-28-35)51-49-19-7-5-17-47(49)48-18-6-8-20-50(48)51;1-3-13-32(14-4-1)36-29-37(33-15-5-2-6-16-33)31-38(30-36)40-28-27-39(41-17-7-8-18-42(40)41)34-23-25-35(26-24-34)47-45-21-11-9-19-43(45)44-20-10-12-22-46(44)47;1-2-11-32(12-3-1)38-29-39(31-40(30-38)42-20-10-14-36-13-4-5-15-41(36)42)35-23-21-33(22-24-35)34-25-27-37(28-26-34)47-45-18-8-6-16-43(45)44-17-7-9-19-46(44)47/h1-33,51H;2*1-31,47H. The first kappa shape index (κ1) is 86.8. The van der Waals surface area contributed by atoms with Crippen molar-refractivity contribution in [1.82, 2.24) is 0 Å². The smallest absolute Gasteiger partial charge is 0.0352 e. The Hall–Kier alpha value is -18.5. The summed E-state index contributed by atoms with van der Waals surface area (Å²) >= 11 is 0. The van der Waals surface area contributed by atoms with Crippen molar-refractivity contribution >= 4 is 43.1 Å². The topological polar surface area (TPSA) is 0 Å². The fraction of sp³-hybridized carbons (Fsp3) is 0.0207. The molecule has 0 fully saturated rings. The van der Waals surface area contributed by atoms with E-state index in [9.17, 15) is 0 Å². The van der Waals surface area contributed by atoms with Crippen LogP contribution in [0.5, 0.6) is 0 Å². The van der Waals surface area contributed by atoms with Crippen LogP contribution in [0, 0.1) is 0 Å². The van der Waals surface area contributed by atoms with Crippen LogP contribution in [0.3, 0.4) is 0 Å². The molecule has 0 N–H and O–H groups in total. The maximum atomic E-state index is 2.37. The second kappa shape index (κ2) is 37.9. The van der Waals surface area contributed by atoms with Crippen molar-refractivity contribution in [2.75, 3.05) is 0 Å². The Balaban J connectivity index is 0.000000111. The minimum absolute atomic E-state index is 0.256. The van der Waals surface area contributed by atoms with Crippen LogP contribution in [0.2, 0.25) is 0 Å². The second-order valence-corrected chi connectivity index (χ2v) is 38.6. The first-order valence-corrected chi connectivity index (χ1v) is 50.5. The van der Waals surface area contributed by atoms with Crippen molar-refractivity contribution in [3.05, 3.63) is 626 Å². The van der Waals surface area contributed by atoms with E-state index in [4.69, 9.17) is 0 Å². The van der Waals surface area contributed by atoms with Crippen LogP contribution in [0.1, 0.15) is 67.8 Å². The quantitative estimate of drug-likeness (QED) is 0.0960. The van der Waals surface area contributed by atoms with Gasteiger partial charge < -0.3 is 0 Å². The zero-order valence-corrected chi connectivity index (χ0v) is 80.1. The predicted molar refractivity (Wildman–Crippen MR) is 613 cm³/mol. The maximum Gasteiger partial charge on any atom is 0.0352 e. The van der Waals surface area contributed by atoms with Gasteiger partial charge in [0.05, 0.1) is 0 Å². The van der Waals surface area contributed by atoms with E-state index < -0.39 is 0 Å². The van der Waals surface area contributed by atoms with Crippen molar-refractivity contribution in [2.45, 2.75) is 17.8 Å². The molecule has 3 aliphatic rings. The van der Waals surface area contributed by atoms with Crippen molar-refractivity contribution in [3.8, 4) is 167 Å². The molecule has 25 aromatic carbocycles. The summed E-state index contributed by atoms with van der Waals surface area (Å²) in [6, 6.07) is 211. The highest BCUT2D eigenvalue weighted by Crippen LogP contribution is 2.53. The fourth-order valence-corrected chi connectivity index (χ4v) is 23.3. The summed E-state index contributed by atoms with van der Waals surface area (Å²) in [4.78, 5) is 0. The van der Waals surface area contributed by atoms with Crippen LogP contribution < -0.4 is 0 Å². The summed E-state index contributed by atoms with van der Waals surface area (Å²) in [7, 11) is 0. The number of hydrogen-bond acceptors (Lipinski definition) is 0. The van der Waals surface area contributed by atoms with Gasteiger partial charge in [0.2, 0.25) is 0 Å². The Morgan fingerprint density at radius 1 is 0.0897 bits per heavy atom. The van der Waals surface area contributed by atoms with E-state index in [1.54, 1.807) is 0 Å². The van der Waals surface area contributed by atoms with Gasteiger partial charge in [-0.2, -0.15) is 0 Å². The third-order valence-corrected chi connectivity index (χ3v) is 30.3. The monoisotopic (exact) mass is 1840 g/mol. The van der Waals surface area contributed by atoms with Crippen molar-refractivity contribution in [1.29, 1.82) is 0 Å². The van der Waals surface area contributed by atoms with Crippen LogP contribution in [0.15, 0.2) is 576 Å². The van der Waals surface area contributed by atoms with Crippen LogP contribution in [-0.4, -0.2) is 0 Å². The summed E-state index contributed by atoms with van der Waals surface area (Å²) in [6.07, 6.45) is 0. The zero-order valence-electron chi connectivity index (χ0n) is 80.1. The van der Waals surface area contributed by atoms with E-state index in [0.29, 0.717) is 0 Å². The molecule has 0 atom stereocenters. The molecule has 0 aliphatic heterocycles. The summed E-state index contributed by atoms with van der Waals surface area (Å²) in [5.41, 5.74) is 50.0. The fourth-order valence-electron chi connectivity index (χ4n) is 23.3. The average Bonchev–Trinajstić information content (AvgIpc) is 1.02. The molecule has 0 bridgehead atoms. The lowest BCUT2D eigenvalue weighted by atomic mass is 9.87. The molecule has 0 radical (unpaired) electrons. The third kappa shape index (κ3) is 16.5. The molecule has 0 aromatic heterocycles. The number of benzene rings is 25. The Kier molecular flexibility index (Phi) is 22.7. The third-order valence-electron chi connectivity index (χ3n) is 30.3. The zero-order chi connectivity index (χ0) is 96.0. The van der Waals surface area contributed by atoms with Gasteiger partial charge in [-0.15, -0.1) is 0 Å². The van der Waals surface area contributed by atoms with E-state index in [1.165, 1.54) is 260 Å². The molecule has 0 heteroatoms. The average molecular weight is 1840 g/mol. The Morgan fingerprint density at radius 3 is 0.524 bits per heavy atom. The molecule has 0 saturated carbocycles. The molecule has 25 aromatic rings. The molecule has 0 heterocycles. The van der Waals surface area contributed by atoms with E-state index in [2.05, 4.69) is 576 Å². The highest BCUT2D eigenvalue weighted by Gasteiger charge is 2.33. The normalized spacial score (nSPS) is 12.2. The highest BCUT2D eigenvalue weighted by atomic mass is 14.4. The first-order chi connectivity index (χ1) is 71.9. The predicted octanol–water partition coefficient (Wildman–Crippen LogP) is 39.2. The second-order valence-electron chi connectivity index (χ2n) is 38.6. The number of fused-ring (bicyclic) bond motifs is 13. The largest absolute Gasteiger partial charge is 0.0622 e. The maximum absolute atomic E-state index is 2.37. The molecular weight excluding hydrogens is 1740 g/mol. The van der Waals surface area contributed by atoms with Crippen molar-refractivity contribution in [2.24, 2.45) is 0 Å². The van der Waals surface area contributed by atoms with Gasteiger partial charge in [-0.3, -0.25) is 0 Å². The van der Waals surface area contributed by atoms with Crippen LogP contribution in [0.25, 0.3) is 210 Å². The lowest BCUT2D eigenvalue weighted by Gasteiger charge is -2.17. The Bertz CT molecular complexity index is 8830. The lowest BCUT2D eigenvalue weighted by molar-refractivity contribution is 1.02. The van der Waals surface area contributed by atoms with Crippen LogP contribution >= 0.6 is 0 Å². The van der Waals surface area contributed by atoms with E-state index in [-0.39, 0.29) is 17.8 Å². The van der Waals surface area contributed by atoms with Gasteiger partial charge in [-0.05, 0) is 315 Å². The van der Waals surface area contributed by atoms with E-state index >= 15 is 0 Å². The van der Waals surface area contributed by atoms with Gasteiger partial charge in [0.15, 0.2) is 0 Å². The Labute approximate surface area is 847 Å². The first-order valence-electron chi connectivity index (χ1n) is 50.5. The number of rotatable bonds is 15. The van der Waals surface area contributed by atoms with Gasteiger partial charge in [0.25, 0.3) is 0 Å². The van der Waals surface area contributed by atoms with Gasteiger partial charge in [0, 0.05) is 17.8 Å². The molecule has 0 amide bonds. The minimum atomic E-state index is 0.256. The lowest BCUT2D eigenvalue weighted by Crippen LogP contribution is -1.99. The van der Waals surface area contributed by atoms with Crippen LogP contribution in [-0.2, 0) is 0 Å². The van der Waals surface area contributed by atoms with E-state index in [1.807, 2.05) is 0 Å². The summed E-state index contributed by atoms with van der Waals surface area (Å²) in [6.45, 7) is 0.